The largest absolute Gasteiger partial charge is 0.437 e. The Bertz CT molecular complexity index is 795. The van der Waals surface area contributed by atoms with Gasteiger partial charge in [-0.2, -0.15) is 0 Å². The highest BCUT2D eigenvalue weighted by atomic mass is 32.7. The quantitative estimate of drug-likeness (QED) is 0.440. The molecule has 126 valence electrons. The highest BCUT2D eigenvalue weighted by Gasteiger charge is 2.22. The fourth-order valence-electron chi connectivity index (χ4n) is 1.66. The van der Waals surface area contributed by atoms with Gasteiger partial charge >= 0.3 is 6.80 Å². The summed E-state index contributed by atoms with van der Waals surface area (Å²) in [6.45, 7) is -4.04. The van der Waals surface area contributed by atoms with Gasteiger partial charge in [0.05, 0.1) is 9.85 Å². The SMILES string of the molecule is O=[N+]([O-])c1ccc(CSP(=O)(O)Oc2ccc([N+](=O)[O-])cc2)cc1. The number of nitrogens with zero attached hydrogens (tertiary/aromatic N) is 2. The van der Waals surface area contributed by atoms with E-state index in [0.29, 0.717) is 16.9 Å². The number of nitro groups is 2. The molecule has 0 heterocycles. The second kappa shape index (κ2) is 7.43. The van der Waals surface area contributed by atoms with Gasteiger partial charge < -0.3 is 9.42 Å². The van der Waals surface area contributed by atoms with Crippen LogP contribution in [-0.4, -0.2) is 14.7 Å². The third-order valence-corrected chi connectivity index (χ3v) is 5.63. The van der Waals surface area contributed by atoms with E-state index in [1.165, 1.54) is 36.4 Å². The molecule has 9 nitrogen and oxygen atoms in total. The van der Waals surface area contributed by atoms with Gasteiger partial charge in [0.15, 0.2) is 0 Å². The van der Waals surface area contributed by atoms with Crippen LogP contribution in [0.3, 0.4) is 0 Å². The Morgan fingerprint density at radius 3 is 1.88 bits per heavy atom. The van der Waals surface area contributed by atoms with Gasteiger partial charge in [0.1, 0.15) is 5.75 Å². The van der Waals surface area contributed by atoms with Crippen LogP contribution in [0.1, 0.15) is 5.56 Å². The molecule has 0 aliphatic rings. The normalized spacial score (nSPS) is 13.0. The van der Waals surface area contributed by atoms with Crippen LogP contribution in [0.15, 0.2) is 48.5 Å². The molecule has 1 unspecified atom stereocenters. The van der Waals surface area contributed by atoms with E-state index in [1.54, 1.807) is 0 Å². The molecular weight excluding hydrogens is 359 g/mol. The fraction of sp³-hybridized carbons (Fsp3) is 0.0769. The van der Waals surface area contributed by atoms with E-state index < -0.39 is 16.6 Å². The van der Waals surface area contributed by atoms with Gasteiger partial charge in [-0.25, -0.2) is 4.57 Å². The van der Waals surface area contributed by atoms with E-state index >= 15 is 0 Å². The number of hydrogen-bond donors (Lipinski definition) is 1. The molecule has 0 fully saturated rings. The third-order valence-electron chi connectivity index (χ3n) is 2.81. The summed E-state index contributed by atoms with van der Waals surface area (Å²) in [5, 5.41) is 21.1. The second-order valence-corrected chi connectivity index (χ2v) is 8.33. The van der Waals surface area contributed by atoms with Crippen LogP contribution in [0.25, 0.3) is 0 Å². The van der Waals surface area contributed by atoms with Crippen molar-refractivity contribution < 1.29 is 23.8 Å². The molecular formula is C13H11N2O7PS. The molecule has 0 radical (unpaired) electrons. The maximum atomic E-state index is 12.0. The van der Waals surface area contributed by atoms with Crippen LogP contribution in [0, 0.1) is 20.2 Å². The number of rotatable bonds is 7. The average Bonchev–Trinajstić information content (AvgIpc) is 2.53. The molecule has 24 heavy (non-hydrogen) atoms. The van der Waals surface area contributed by atoms with Gasteiger partial charge in [0.25, 0.3) is 11.4 Å². The molecule has 0 amide bonds. The Balaban J connectivity index is 1.96. The first-order valence-electron chi connectivity index (χ1n) is 6.41. The Morgan fingerprint density at radius 2 is 1.42 bits per heavy atom. The molecule has 0 aromatic heterocycles. The van der Waals surface area contributed by atoms with E-state index in [-0.39, 0.29) is 22.9 Å². The molecule has 2 aromatic rings. The number of nitro benzene ring substituents is 2. The molecule has 1 atom stereocenters. The summed E-state index contributed by atoms with van der Waals surface area (Å²) in [5.74, 6) is 0.140. The Labute approximate surface area is 139 Å². The fourth-order valence-corrected chi connectivity index (χ4v) is 3.96. The van der Waals surface area contributed by atoms with Gasteiger partial charge in [-0.1, -0.05) is 12.1 Å². The average molecular weight is 370 g/mol. The molecule has 1 N–H and O–H groups in total. The van der Waals surface area contributed by atoms with Crippen molar-refractivity contribution in [2.75, 3.05) is 0 Å². The molecule has 2 rings (SSSR count). The minimum Gasteiger partial charge on any atom is -0.417 e. The molecule has 0 aliphatic heterocycles. The van der Waals surface area contributed by atoms with Crippen LogP contribution in [0.2, 0.25) is 0 Å². The number of hydrogen-bond acceptors (Lipinski definition) is 7. The van der Waals surface area contributed by atoms with Crippen LogP contribution in [-0.2, 0) is 10.3 Å². The van der Waals surface area contributed by atoms with E-state index in [2.05, 4.69) is 0 Å². The van der Waals surface area contributed by atoms with Crippen molar-refractivity contribution in [3.8, 4) is 5.75 Å². The van der Waals surface area contributed by atoms with Crippen molar-refractivity contribution in [1.82, 2.24) is 0 Å². The smallest absolute Gasteiger partial charge is 0.417 e. The van der Waals surface area contributed by atoms with E-state index in [0.717, 1.165) is 12.1 Å². The van der Waals surface area contributed by atoms with Crippen LogP contribution >= 0.6 is 18.2 Å². The molecule has 0 bridgehead atoms. The molecule has 0 aliphatic carbocycles. The summed E-state index contributed by atoms with van der Waals surface area (Å²) >= 11 is 0.637. The Kier molecular flexibility index (Phi) is 5.55. The topological polar surface area (TPSA) is 133 Å². The lowest BCUT2D eigenvalue weighted by Gasteiger charge is -2.12. The first kappa shape index (κ1) is 17.9. The zero-order valence-electron chi connectivity index (χ0n) is 12.0. The summed E-state index contributed by atoms with van der Waals surface area (Å²) < 4.78 is 17.0. The van der Waals surface area contributed by atoms with Crippen molar-refractivity contribution in [3.05, 3.63) is 74.3 Å². The summed E-state index contributed by atoms with van der Waals surface area (Å²) in [4.78, 5) is 29.8. The first-order valence-corrected chi connectivity index (χ1v) is 9.58. The predicted molar refractivity (Wildman–Crippen MR) is 87.9 cm³/mol. The van der Waals surface area contributed by atoms with Crippen LogP contribution in [0.5, 0.6) is 5.75 Å². The highest BCUT2D eigenvalue weighted by Crippen LogP contribution is 2.56. The monoisotopic (exact) mass is 370 g/mol. The minimum absolute atomic E-state index is 0.0302. The minimum atomic E-state index is -4.04. The molecule has 0 saturated heterocycles. The maximum absolute atomic E-state index is 12.0. The predicted octanol–water partition coefficient (Wildman–Crippen LogP) is 3.92. The van der Waals surface area contributed by atoms with Crippen molar-refractivity contribution in [1.29, 1.82) is 0 Å². The maximum Gasteiger partial charge on any atom is 0.437 e. The zero-order chi connectivity index (χ0) is 17.7. The van der Waals surface area contributed by atoms with Crippen LogP contribution in [0.4, 0.5) is 11.4 Å². The van der Waals surface area contributed by atoms with E-state index in [9.17, 15) is 29.7 Å². The van der Waals surface area contributed by atoms with Gasteiger partial charge in [-0.05, 0) is 29.1 Å². The van der Waals surface area contributed by atoms with Crippen molar-refractivity contribution in [3.63, 3.8) is 0 Å². The van der Waals surface area contributed by atoms with Crippen molar-refractivity contribution >= 4 is 29.6 Å². The van der Waals surface area contributed by atoms with Crippen LogP contribution < -0.4 is 4.52 Å². The second-order valence-electron chi connectivity index (χ2n) is 4.51. The Hall–Kier alpha value is -2.42. The van der Waals surface area contributed by atoms with Gasteiger partial charge in [-0.3, -0.25) is 20.2 Å². The summed E-state index contributed by atoms with van der Waals surface area (Å²) in [5.41, 5.74) is 0.388. The summed E-state index contributed by atoms with van der Waals surface area (Å²) in [6, 6.07) is 10.4. The van der Waals surface area contributed by atoms with Gasteiger partial charge in [0, 0.05) is 30.0 Å². The summed E-state index contributed by atoms with van der Waals surface area (Å²) in [7, 11) is 0. The third kappa shape index (κ3) is 5.05. The van der Waals surface area contributed by atoms with E-state index in [4.69, 9.17) is 4.52 Å². The lowest BCUT2D eigenvalue weighted by atomic mass is 10.2. The van der Waals surface area contributed by atoms with Gasteiger partial charge in [-0.15, -0.1) is 0 Å². The van der Waals surface area contributed by atoms with Gasteiger partial charge in [0.2, 0.25) is 0 Å². The van der Waals surface area contributed by atoms with Crippen molar-refractivity contribution in [2.24, 2.45) is 0 Å². The molecule has 0 spiro atoms. The standard InChI is InChI=1S/C13H11N2O7PS/c16-14(17)11-3-1-10(2-4-11)9-24-23(20,21)22-13-7-5-12(6-8-13)15(18)19/h1-8H,9H2,(H,20,21). The van der Waals surface area contributed by atoms with E-state index in [1.807, 2.05) is 0 Å². The lowest BCUT2D eigenvalue weighted by Crippen LogP contribution is -1.92. The lowest BCUT2D eigenvalue weighted by molar-refractivity contribution is -0.385. The Morgan fingerprint density at radius 1 is 0.958 bits per heavy atom. The zero-order valence-corrected chi connectivity index (χ0v) is 13.7. The molecule has 2 aromatic carbocycles. The molecule has 0 saturated carbocycles. The summed E-state index contributed by atoms with van der Waals surface area (Å²) in [6.07, 6.45) is 0. The highest BCUT2D eigenvalue weighted by molar-refractivity contribution is 8.54. The number of non-ortho nitro benzene ring substituents is 2. The van der Waals surface area contributed by atoms with Crippen molar-refractivity contribution in [2.45, 2.75) is 5.75 Å². The molecule has 11 heteroatoms. The first-order chi connectivity index (χ1) is 11.3. The number of benzene rings is 2.